The van der Waals surface area contributed by atoms with Gasteiger partial charge >= 0.3 is 0 Å². The maximum atomic E-state index is 13.0. The molecule has 1 aromatic carbocycles. The molecule has 3 N–H and O–H groups in total. The Morgan fingerprint density at radius 1 is 1.28 bits per heavy atom. The minimum atomic E-state index is -3.51. The quantitative estimate of drug-likeness (QED) is 0.437. The number of imidazole rings is 1. The third-order valence-corrected chi connectivity index (χ3v) is 7.57. The highest BCUT2D eigenvalue weighted by Gasteiger charge is 2.43. The van der Waals surface area contributed by atoms with Gasteiger partial charge in [0.05, 0.1) is 4.90 Å². The molecule has 2 aliphatic rings. The average molecular weight is 458 g/mol. The van der Waals surface area contributed by atoms with Crippen LogP contribution in [0, 0.1) is 5.92 Å². The third-order valence-electron chi connectivity index (χ3n) is 5.63. The summed E-state index contributed by atoms with van der Waals surface area (Å²) < 4.78 is 27.7. The van der Waals surface area contributed by atoms with Crippen molar-refractivity contribution in [3.05, 3.63) is 66.3 Å². The molecule has 9 heteroatoms. The molecule has 0 saturated carbocycles. The molecular formula is C23H31N5O3S. The zero-order chi connectivity index (χ0) is 23.1. The Hall–Kier alpha value is -2.75. The first-order valence-corrected chi connectivity index (χ1v) is 12.4. The van der Waals surface area contributed by atoms with Crippen molar-refractivity contribution in [2.75, 3.05) is 19.6 Å². The molecule has 2 fully saturated rings. The normalized spacial score (nSPS) is 20.6. The molecule has 0 aliphatic carbocycles. The number of fused-ring (bicyclic) bond motifs is 1. The van der Waals surface area contributed by atoms with E-state index in [9.17, 15) is 13.2 Å². The third kappa shape index (κ3) is 5.35. The second-order valence-electron chi connectivity index (χ2n) is 7.55. The second kappa shape index (κ2) is 10.7. The largest absolute Gasteiger partial charge is 0.348 e. The van der Waals surface area contributed by atoms with Crippen LogP contribution in [0.3, 0.4) is 0 Å². The number of hydrogen-bond donors (Lipinski definition) is 3. The zero-order valence-corrected chi connectivity index (χ0v) is 19.4. The standard InChI is InChI=1S/C21H25N5O3S.C2H6/c1-15(2-7-20-23-9-10-24-20)21(27)25-12-16-3-5-18(6-4-16)30(28,29)26-11-8-17-13-22-14-19(17)26;1-2/h2-7,9-10,17,19,22H,1,8,11-14H2,(H,23,24)(H,25,27);1-2H3/b7-2-;. The van der Waals surface area contributed by atoms with Crippen LogP contribution < -0.4 is 10.6 Å². The molecule has 32 heavy (non-hydrogen) atoms. The minimum Gasteiger partial charge on any atom is -0.348 e. The number of aromatic nitrogens is 2. The van der Waals surface area contributed by atoms with Crippen LogP contribution in [-0.4, -0.2) is 54.3 Å². The first-order valence-electron chi connectivity index (χ1n) is 10.9. The van der Waals surface area contributed by atoms with Gasteiger partial charge in [0.15, 0.2) is 0 Å². The summed E-state index contributed by atoms with van der Waals surface area (Å²) in [6.45, 7) is 10.2. The van der Waals surface area contributed by atoms with Crippen LogP contribution >= 0.6 is 0 Å². The highest BCUT2D eigenvalue weighted by molar-refractivity contribution is 7.89. The van der Waals surface area contributed by atoms with Crippen LogP contribution in [-0.2, 0) is 21.4 Å². The molecule has 1 amide bonds. The van der Waals surface area contributed by atoms with Crippen molar-refractivity contribution in [1.29, 1.82) is 0 Å². The van der Waals surface area contributed by atoms with Crippen molar-refractivity contribution >= 4 is 22.0 Å². The van der Waals surface area contributed by atoms with Crippen LogP contribution in [0.1, 0.15) is 31.7 Å². The Labute approximate surface area is 189 Å². The van der Waals surface area contributed by atoms with Gasteiger partial charge in [0, 0.05) is 43.6 Å². The number of rotatable bonds is 7. The van der Waals surface area contributed by atoms with Gasteiger partial charge in [0.25, 0.3) is 5.91 Å². The first kappa shape index (κ1) is 23.9. The summed E-state index contributed by atoms with van der Waals surface area (Å²) in [7, 11) is -3.51. The fourth-order valence-corrected chi connectivity index (χ4v) is 5.64. The average Bonchev–Trinajstić information content (AvgIpc) is 3.56. The fourth-order valence-electron chi connectivity index (χ4n) is 3.94. The van der Waals surface area contributed by atoms with Crippen LogP contribution in [0.2, 0.25) is 0 Å². The number of hydrogen-bond acceptors (Lipinski definition) is 5. The van der Waals surface area contributed by atoms with E-state index in [0.29, 0.717) is 30.4 Å². The topological polar surface area (TPSA) is 107 Å². The van der Waals surface area contributed by atoms with Crippen LogP contribution in [0.4, 0.5) is 0 Å². The van der Waals surface area contributed by atoms with Gasteiger partial charge in [-0.3, -0.25) is 4.79 Å². The molecule has 2 saturated heterocycles. The number of amides is 1. The highest BCUT2D eigenvalue weighted by Crippen LogP contribution is 2.32. The second-order valence-corrected chi connectivity index (χ2v) is 9.44. The van der Waals surface area contributed by atoms with Gasteiger partial charge in [-0.25, -0.2) is 13.4 Å². The molecule has 0 bridgehead atoms. The maximum Gasteiger partial charge on any atom is 0.250 e. The summed E-state index contributed by atoms with van der Waals surface area (Å²) in [6.07, 6.45) is 7.48. The molecule has 8 nitrogen and oxygen atoms in total. The zero-order valence-electron chi connectivity index (χ0n) is 18.5. The maximum absolute atomic E-state index is 13.0. The molecule has 1 aromatic heterocycles. The summed E-state index contributed by atoms with van der Waals surface area (Å²) >= 11 is 0. The Bertz CT molecular complexity index is 1050. The monoisotopic (exact) mass is 457 g/mol. The Morgan fingerprint density at radius 3 is 2.72 bits per heavy atom. The van der Waals surface area contributed by atoms with Crippen molar-refractivity contribution in [2.45, 2.75) is 37.8 Å². The summed E-state index contributed by atoms with van der Waals surface area (Å²) in [5.41, 5.74) is 1.12. The molecule has 2 aromatic rings. The van der Waals surface area contributed by atoms with Crippen LogP contribution in [0.25, 0.3) is 6.08 Å². The van der Waals surface area contributed by atoms with Gasteiger partial charge in [0.2, 0.25) is 10.0 Å². The Balaban J connectivity index is 0.00000141. The van der Waals surface area contributed by atoms with E-state index in [1.54, 1.807) is 53.1 Å². The van der Waals surface area contributed by atoms with Gasteiger partial charge in [-0.1, -0.05) is 32.6 Å². The van der Waals surface area contributed by atoms with Gasteiger partial charge in [-0.2, -0.15) is 4.31 Å². The molecule has 3 heterocycles. The van der Waals surface area contributed by atoms with Crippen molar-refractivity contribution in [1.82, 2.24) is 24.9 Å². The number of nitrogens with zero attached hydrogens (tertiary/aromatic N) is 2. The van der Waals surface area contributed by atoms with Gasteiger partial charge in [-0.05, 0) is 48.7 Å². The smallest absolute Gasteiger partial charge is 0.250 e. The number of nitrogens with one attached hydrogen (secondary N) is 3. The molecule has 4 rings (SSSR count). The molecule has 172 valence electrons. The van der Waals surface area contributed by atoms with E-state index in [0.717, 1.165) is 18.5 Å². The predicted molar refractivity (Wildman–Crippen MR) is 125 cm³/mol. The molecule has 0 spiro atoms. The van der Waals surface area contributed by atoms with Crippen LogP contribution in [0.5, 0.6) is 0 Å². The molecule has 2 unspecified atom stereocenters. The lowest BCUT2D eigenvalue weighted by molar-refractivity contribution is -0.117. The Kier molecular flexibility index (Phi) is 8.00. The van der Waals surface area contributed by atoms with Crippen molar-refractivity contribution < 1.29 is 13.2 Å². The van der Waals surface area contributed by atoms with Crippen LogP contribution in [0.15, 0.2) is 59.8 Å². The predicted octanol–water partition coefficient (Wildman–Crippen LogP) is 2.30. The van der Waals surface area contributed by atoms with E-state index in [1.165, 1.54) is 0 Å². The molecule has 2 aliphatic heterocycles. The van der Waals surface area contributed by atoms with Crippen molar-refractivity contribution in [2.24, 2.45) is 5.92 Å². The number of carbonyl (C=O) groups excluding carboxylic acids is 1. The summed E-state index contributed by atoms with van der Waals surface area (Å²) in [5, 5.41) is 6.06. The van der Waals surface area contributed by atoms with Gasteiger partial charge < -0.3 is 15.6 Å². The van der Waals surface area contributed by atoms with Crippen molar-refractivity contribution in [3.63, 3.8) is 0 Å². The van der Waals surface area contributed by atoms with E-state index >= 15 is 0 Å². The summed E-state index contributed by atoms with van der Waals surface area (Å²) in [6, 6.07) is 6.73. The fraction of sp³-hybridized carbons (Fsp3) is 0.391. The Morgan fingerprint density at radius 2 is 2.03 bits per heavy atom. The number of benzene rings is 1. The number of sulfonamides is 1. The molecule has 2 atom stereocenters. The lowest BCUT2D eigenvalue weighted by Gasteiger charge is -2.22. The van der Waals surface area contributed by atoms with Gasteiger partial charge in [0.1, 0.15) is 5.82 Å². The van der Waals surface area contributed by atoms with Crippen molar-refractivity contribution in [3.8, 4) is 0 Å². The summed E-state index contributed by atoms with van der Waals surface area (Å²) in [5.74, 6) is 0.744. The lowest BCUT2D eigenvalue weighted by atomic mass is 10.1. The minimum absolute atomic E-state index is 0.0502. The number of aromatic amines is 1. The SMILES string of the molecule is C=C(/C=C\c1ncc[nH]1)C(=O)NCc1ccc(S(=O)(=O)N2CCC3CNCC32)cc1.CC. The highest BCUT2D eigenvalue weighted by atomic mass is 32.2. The lowest BCUT2D eigenvalue weighted by Crippen LogP contribution is -2.39. The first-order chi connectivity index (χ1) is 15.4. The summed E-state index contributed by atoms with van der Waals surface area (Å²) in [4.78, 5) is 19.4. The number of H-pyrrole nitrogens is 1. The number of carbonyl (C=O) groups is 1. The van der Waals surface area contributed by atoms with E-state index in [1.807, 2.05) is 13.8 Å². The van der Waals surface area contributed by atoms with Gasteiger partial charge in [-0.15, -0.1) is 0 Å². The molecule has 0 radical (unpaired) electrons. The van der Waals surface area contributed by atoms with E-state index in [-0.39, 0.29) is 23.4 Å². The van der Waals surface area contributed by atoms with E-state index in [4.69, 9.17) is 0 Å². The van der Waals surface area contributed by atoms with E-state index in [2.05, 4.69) is 27.2 Å². The van der Waals surface area contributed by atoms with E-state index < -0.39 is 10.0 Å². The molecular weight excluding hydrogens is 426 g/mol.